The second-order valence-electron chi connectivity index (χ2n) is 6.08. The number of carbonyl (C=O) groups is 1. The van der Waals surface area contributed by atoms with Gasteiger partial charge in [-0.15, -0.1) is 0 Å². The van der Waals surface area contributed by atoms with Gasteiger partial charge in [-0.25, -0.2) is 0 Å². The maximum Gasteiger partial charge on any atom is 0.292 e. The summed E-state index contributed by atoms with van der Waals surface area (Å²) in [4.78, 5) is 18.7. The van der Waals surface area contributed by atoms with E-state index in [1.165, 1.54) is 0 Å². The molecular weight excluding hydrogens is 296 g/mol. The molecule has 2 aromatic rings. The molecule has 0 radical (unpaired) electrons. The first-order valence-electron chi connectivity index (χ1n) is 8.22. The zero-order valence-electron chi connectivity index (χ0n) is 13.6. The molecule has 0 aliphatic carbocycles. The summed E-state index contributed by atoms with van der Waals surface area (Å²) in [6.07, 6.45) is 4.86. The van der Waals surface area contributed by atoms with E-state index in [4.69, 9.17) is 9.05 Å². The minimum Gasteiger partial charge on any atom is -0.351 e. The molecular formula is C16H22N4O3. The molecule has 1 unspecified atom stereocenters. The molecule has 1 atom stereocenters. The fourth-order valence-corrected chi connectivity index (χ4v) is 2.85. The quantitative estimate of drug-likeness (QED) is 0.842. The second-order valence-corrected chi connectivity index (χ2v) is 6.08. The lowest BCUT2D eigenvalue weighted by atomic mass is 9.97. The highest BCUT2D eigenvalue weighted by Gasteiger charge is 2.30. The Labute approximate surface area is 135 Å². The van der Waals surface area contributed by atoms with Crippen LogP contribution in [0.25, 0.3) is 0 Å². The van der Waals surface area contributed by atoms with Crippen LogP contribution in [0.4, 0.5) is 0 Å². The molecule has 0 saturated carbocycles. The number of aromatic nitrogens is 3. The number of hydrogen-bond donors (Lipinski definition) is 0. The third-order valence-electron chi connectivity index (χ3n) is 4.13. The van der Waals surface area contributed by atoms with E-state index < -0.39 is 0 Å². The van der Waals surface area contributed by atoms with Gasteiger partial charge in [0.05, 0.1) is 11.6 Å². The van der Waals surface area contributed by atoms with Gasteiger partial charge in [0.25, 0.3) is 5.91 Å². The maximum absolute atomic E-state index is 12.5. The standard InChI is InChI=1S/C16H22N4O3/c1-3-4-7-14-17-15(23-19-14)12-6-5-8-20(10-12)16(21)13-9-11(2)18-22-13/h9,12H,3-8,10H2,1-2H3. The number of aryl methyl sites for hydroxylation is 2. The summed E-state index contributed by atoms with van der Waals surface area (Å²) in [6, 6.07) is 1.67. The highest BCUT2D eigenvalue weighted by Crippen LogP contribution is 2.27. The SMILES string of the molecule is CCCCc1noc(C2CCCN(C(=O)c3cc(C)no3)C2)n1. The number of likely N-dealkylation sites (tertiary alicyclic amines) is 1. The monoisotopic (exact) mass is 318 g/mol. The van der Waals surface area contributed by atoms with Crippen molar-refractivity contribution >= 4 is 5.91 Å². The predicted molar refractivity (Wildman–Crippen MR) is 82.0 cm³/mol. The van der Waals surface area contributed by atoms with Crippen LogP contribution in [0.2, 0.25) is 0 Å². The molecule has 0 bridgehead atoms. The van der Waals surface area contributed by atoms with Gasteiger partial charge < -0.3 is 13.9 Å². The molecule has 1 aliphatic rings. The van der Waals surface area contributed by atoms with Gasteiger partial charge in [0.2, 0.25) is 11.7 Å². The van der Waals surface area contributed by atoms with Crippen LogP contribution in [0.1, 0.15) is 66.5 Å². The molecule has 124 valence electrons. The van der Waals surface area contributed by atoms with Gasteiger partial charge in [-0.3, -0.25) is 4.79 Å². The Bertz CT molecular complexity index is 664. The molecule has 2 aromatic heterocycles. The van der Waals surface area contributed by atoms with Crippen molar-refractivity contribution in [3.05, 3.63) is 29.2 Å². The molecule has 0 aromatic carbocycles. The van der Waals surface area contributed by atoms with Crippen molar-refractivity contribution in [2.45, 2.75) is 51.9 Å². The molecule has 0 spiro atoms. The van der Waals surface area contributed by atoms with Crippen molar-refractivity contribution in [2.24, 2.45) is 0 Å². The largest absolute Gasteiger partial charge is 0.351 e. The molecule has 23 heavy (non-hydrogen) atoms. The summed E-state index contributed by atoms with van der Waals surface area (Å²) in [7, 11) is 0. The van der Waals surface area contributed by atoms with Crippen molar-refractivity contribution < 1.29 is 13.8 Å². The van der Waals surface area contributed by atoms with E-state index in [1.54, 1.807) is 17.9 Å². The van der Waals surface area contributed by atoms with Crippen LogP contribution in [0.5, 0.6) is 0 Å². The van der Waals surface area contributed by atoms with Gasteiger partial charge in [-0.1, -0.05) is 23.7 Å². The van der Waals surface area contributed by atoms with Crippen LogP contribution in [-0.2, 0) is 6.42 Å². The van der Waals surface area contributed by atoms with Crippen LogP contribution in [0, 0.1) is 6.92 Å². The lowest BCUT2D eigenvalue weighted by Crippen LogP contribution is -2.39. The number of nitrogens with zero attached hydrogens (tertiary/aromatic N) is 4. The Morgan fingerprint density at radius 3 is 3.00 bits per heavy atom. The highest BCUT2D eigenvalue weighted by atomic mass is 16.5. The summed E-state index contributed by atoms with van der Waals surface area (Å²) >= 11 is 0. The van der Waals surface area contributed by atoms with E-state index >= 15 is 0 Å². The lowest BCUT2D eigenvalue weighted by molar-refractivity contribution is 0.0654. The molecule has 1 aliphatic heterocycles. The number of carbonyl (C=O) groups excluding carboxylic acids is 1. The van der Waals surface area contributed by atoms with Crippen molar-refractivity contribution in [1.82, 2.24) is 20.2 Å². The van der Waals surface area contributed by atoms with Gasteiger partial charge >= 0.3 is 0 Å². The number of amides is 1. The molecule has 0 N–H and O–H groups in total. The van der Waals surface area contributed by atoms with E-state index in [9.17, 15) is 4.79 Å². The highest BCUT2D eigenvalue weighted by molar-refractivity contribution is 5.91. The van der Waals surface area contributed by atoms with Gasteiger partial charge in [-0.05, 0) is 26.2 Å². The van der Waals surface area contributed by atoms with E-state index in [1.807, 2.05) is 0 Å². The van der Waals surface area contributed by atoms with Crippen LogP contribution >= 0.6 is 0 Å². The summed E-state index contributed by atoms with van der Waals surface area (Å²) < 4.78 is 10.5. The van der Waals surface area contributed by atoms with Crippen LogP contribution in [0.3, 0.4) is 0 Å². The predicted octanol–water partition coefficient (Wildman–Crippen LogP) is 2.73. The average molecular weight is 318 g/mol. The zero-order chi connectivity index (χ0) is 16.2. The molecule has 7 nitrogen and oxygen atoms in total. The molecule has 1 amide bonds. The van der Waals surface area contributed by atoms with Crippen LogP contribution < -0.4 is 0 Å². The summed E-state index contributed by atoms with van der Waals surface area (Å²) in [6.45, 7) is 5.23. The third-order valence-corrected chi connectivity index (χ3v) is 4.13. The normalized spacial score (nSPS) is 18.3. The number of piperidine rings is 1. The first-order chi connectivity index (χ1) is 11.2. The first kappa shape index (κ1) is 15.7. The Hall–Kier alpha value is -2.18. The third kappa shape index (κ3) is 3.60. The number of unbranched alkanes of at least 4 members (excludes halogenated alkanes) is 1. The molecule has 1 fully saturated rings. The van der Waals surface area contributed by atoms with Crippen molar-refractivity contribution in [1.29, 1.82) is 0 Å². The Kier molecular flexibility index (Phi) is 4.73. The smallest absolute Gasteiger partial charge is 0.292 e. The molecule has 7 heteroatoms. The van der Waals surface area contributed by atoms with E-state index in [0.29, 0.717) is 24.7 Å². The Balaban J connectivity index is 1.66. The van der Waals surface area contributed by atoms with Crippen molar-refractivity contribution in [2.75, 3.05) is 13.1 Å². The van der Waals surface area contributed by atoms with Gasteiger partial charge in [-0.2, -0.15) is 4.98 Å². The van der Waals surface area contributed by atoms with Crippen LogP contribution in [0.15, 0.2) is 15.1 Å². The summed E-state index contributed by atoms with van der Waals surface area (Å²) in [5, 5.41) is 7.82. The first-order valence-corrected chi connectivity index (χ1v) is 8.22. The number of rotatable bonds is 5. The average Bonchev–Trinajstić information content (AvgIpc) is 3.21. The minimum atomic E-state index is -0.124. The van der Waals surface area contributed by atoms with Gasteiger partial charge in [0, 0.05) is 25.6 Å². The van der Waals surface area contributed by atoms with E-state index in [0.717, 1.165) is 37.9 Å². The van der Waals surface area contributed by atoms with Crippen molar-refractivity contribution in [3.8, 4) is 0 Å². The second kappa shape index (κ2) is 6.93. The number of hydrogen-bond acceptors (Lipinski definition) is 6. The lowest BCUT2D eigenvalue weighted by Gasteiger charge is -2.30. The van der Waals surface area contributed by atoms with Gasteiger partial charge in [0.1, 0.15) is 0 Å². The summed E-state index contributed by atoms with van der Waals surface area (Å²) in [5.41, 5.74) is 0.708. The topological polar surface area (TPSA) is 85.3 Å². The Morgan fingerprint density at radius 1 is 1.39 bits per heavy atom. The maximum atomic E-state index is 12.5. The van der Waals surface area contributed by atoms with Gasteiger partial charge in [0.15, 0.2) is 5.82 Å². The summed E-state index contributed by atoms with van der Waals surface area (Å²) in [5.74, 6) is 1.66. The van der Waals surface area contributed by atoms with Crippen LogP contribution in [-0.4, -0.2) is 39.2 Å². The zero-order valence-corrected chi connectivity index (χ0v) is 13.6. The van der Waals surface area contributed by atoms with E-state index in [2.05, 4.69) is 22.2 Å². The molecule has 1 saturated heterocycles. The van der Waals surface area contributed by atoms with E-state index in [-0.39, 0.29) is 17.6 Å². The molecule has 3 heterocycles. The fourth-order valence-electron chi connectivity index (χ4n) is 2.85. The minimum absolute atomic E-state index is 0.0968. The van der Waals surface area contributed by atoms with Crippen molar-refractivity contribution in [3.63, 3.8) is 0 Å². The molecule has 3 rings (SSSR count). The Morgan fingerprint density at radius 2 is 2.26 bits per heavy atom. The fraction of sp³-hybridized carbons (Fsp3) is 0.625.